The van der Waals surface area contributed by atoms with Crippen molar-refractivity contribution in [3.05, 3.63) is 43.0 Å². The highest BCUT2D eigenvalue weighted by Crippen LogP contribution is 2.33. The average molecular weight is 342 g/mol. The number of para-hydroxylation sites is 2. The molecule has 1 atom stereocenters. The van der Waals surface area contributed by atoms with E-state index in [-0.39, 0.29) is 24.2 Å². The van der Waals surface area contributed by atoms with Crippen molar-refractivity contribution >= 4 is 17.5 Å². The zero-order valence-corrected chi connectivity index (χ0v) is 14.2. The lowest BCUT2D eigenvalue weighted by Gasteiger charge is -2.20. The molecule has 132 valence electrons. The third-order valence-electron chi connectivity index (χ3n) is 4.18. The molecule has 0 aliphatic carbocycles. The van der Waals surface area contributed by atoms with E-state index in [1.54, 1.807) is 17.4 Å². The molecule has 7 heteroatoms. The lowest BCUT2D eigenvalue weighted by atomic mass is 10.1. The summed E-state index contributed by atoms with van der Waals surface area (Å²) >= 11 is 0. The number of benzene rings is 1. The first kappa shape index (κ1) is 17.0. The number of rotatable bonds is 7. The highest BCUT2D eigenvalue weighted by atomic mass is 16.5. The van der Waals surface area contributed by atoms with Crippen molar-refractivity contribution in [1.82, 2.24) is 14.9 Å². The molecule has 0 spiro atoms. The van der Waals surface area contributed by atoms with E-state index in [0.29, 0.717) is 32.0 Å². The van der Waals surface area contributed by atoms with E-state index in [1.807, 2.05) is 42.0 Å². The number of imidazole rings is 1. The van der Waals surface area contributed by atoms with Crippen LogP contribution >= 0.6 is 0 Å². The molecular weight excluding hydrogens is 320 g/mol. The first-order valence-electron chi connectivity index (χ1n) is 8.44. The fourth-order valence-corrected chi connectivity index (χ4v) is 2.95. The Morgan fingerprint density at radius 2 is 2.24 bits per heavy atom. The zero-order chi connectivity index (χ0) is 17.6. The van der Waals surface area contributed by atoms with Gasteiger partial charge in [-0.3, -0.25) is 9.59 Å². The smallest absolute Gasteiger partial charge is 0.227 e. The van der Waals surface area contributed by atoms with E-state index >= 15 is 0 Å². The van der Waals surface area contributed by atoms with Gasteiger partial charge in [-0.2, -0.15) is 0 Å². The zero-order valence-electron chi connectivity index (χ0n) is 14.2. The molecule has 0 saturated carbocycles. The maximum Gasteiger partial charge on any atom is 0.227 e. The molecule has 1 aliphatic heterocycles. The quantitative estimate of drug-likeness (QED) is 0.826. The summed E-state index contributed by atoms with van der Waals surface area (Å²) in [5, 5.41) is 2.90. The van der Waals surface area contributed by atoms with E-state index < -0.39 is 0 Å². The fraction of sp³-hybridized carbons (Fsp3) is 0.389. The Hall–Kier alpha value is -2.83. The van der Waals surface area contributed by atoms with Gasteiger partial charge in [0, 0.05) is 38.4 Å². The lowest BCUT2D eigenvalue weighted by Crippen LogP contribution is -2.34. The minimum Gasteiger partial charge on any atom is -0.492 e. The van der Waals surface area contributed by atoms with Crippen LogP contribution in [0.3, 0.4) is 0 Å². The Bertz CT molecular complexity index is 730. The van der Waals surface area contributed by atoms with Gasteiger partial charge in [0.05, 0.1) is 24.5 Å². The number of carbonyl (C=O) groups is 2. The number of nitrogens with one attached hydrogen (secondary N) is 1. The second kappa shape index (κ2) is 7.83. The van der Waals surface area contributed by atoms with Crippen LogP contribution in [0, 0.1) is 5.92 Å². The van der Waals surface area contributed by atoms with Crippen molar-refractivity contribution in [3.8, 4) is 5.75 Å². The monoisotopic (exact) mass is 342 g/mol. The number of carbonyl (C=O) groups excluding carboxylic acids is 2. The highest BCUT2D eigenvalue weighted by Gasteiger charge is 2.36. The highest BCUT2D eigenvalue weighted by molar-refractivity contribution is 6.01. The Labute approximate surface area is 146 Å². The molecule has 1 aromatic heterocycles. The predicted molar refractivity (Wildman–Crippen MR) is 93.3 cm³/mol. The van der Waals surface area contributed by atoms with Gasteiger partial charge < -0.3 is 19.5 Å². The first-order chi connectivity index (χ1) is 12.2. The van der Waals surface area contributed by atoms with Gasteiger partial charge >= 0.3 is 0 Å². The summed E-state index contributed by atoms with van der Waals surface area (Å²) in [6.45, 7) is 3.97. The molecule has 1 unspecified atom stereocenters. The number of hydrogen-bond donors (Lipinski definition) is 1. The molecule has 25 heavy (non-hydrogen) atoms. The van der Waals surface area contributed by atoms with E-state index in [2.05, 4.69) is 10.3 Å². The van der Waals surface area contributed by atoms with Crippen LogP contribution in [0.25, 0.3) is 0 Å². The maximum absolute atomic E-state index is 12.4. The van der Waals surface area contributed by atoms with Gasteiger partial charge in [-0.25, -0.2) is 4.98 Å². The van der Waals surface area contributed by atoms with Crippen LogP contribution in [-0.4, -0.2) is 41.1 Å². The normalized spacial score (nSPS) is 16.9. The minimum absolute atomic E-state index is 0.0538. The molecular formula is C18H22N4O3. The number of nitrogens with zero attached hydrogens (tertiary/aromatic N) is 3. The first-order valence-corrected chi connectivity index (χ1v) is 8.44. The van der Waals surface area contributed by atoms with Crippen molar-refractivity contribution in [2.45, 2.75) is 19.9 Å². The molecule has 1 fully saturated rings. The third-order valence-corrected chi connectivity index (χ3v) is 4.18. The summed E-state index contributed by atoms with van der Waals surface area (Å²) in [4.78, 5) is 30.4. The van der Waals surface area contributed by atoms with E-state index in [0.717, 1.165) is 5.69 Å². The minimum atomic E-state index is -0.343. The summed E-state index contributed by atoms with van der Waals surface area (Å²) in [5.41, 5.74) is 0.725. The van der Waals surface area contributed by atoms with Gasteiger partial charge in [0.1, 0.15) is 5.75 Å². The fourth-order valence-electron chi connectivity index (χ4n) is 2.95. The molecule has 0 bridgehead atoms. The van der Waals surface area contributed by atoms with Crippen LogP contribution in [0.5, 0.6) is 5.75 Å². The van der Waals surface area contributed by atoms with Gasteiger partial charge in [0.25, 0.3) is 0 Å². The topological polar surface area (TPSA) is 76.5 Å². The van der Waals surface area contributed by atoms with Gasteiger partial charge in [-0.05, 0) is 19.1 Å². The SMILES string of the molecule is CCOc1ccccc1N1CC(C(=O)NCCn2ccnc2)CC1=O. The molecule has 1 aromatic carbocycles. The number of hydrogen-bond acceptors (Lipinski definition) is 4. The second-order valence-electron chi connectivity index (χ2n) is 5.90. The number of ether oxygens (including phenoxy) is 1. The molecule has 3 rings (SSSR count). The largest absolute Gasteiger partial charge is 0.492 e. The number of aromatic nitrogens is 2. The van der Waals surface area contributed by atoms with Crippen LogP contribution in [0.4, 0.5) is 5.69 Å². The van der Waals surface area contributed by atoms with Crippen molar-refractivity contribution in [2.24, 2.45) is 5.92 Å². The summed E-state index contributed by atoms with van der Waals surface area (Å²) in [5.74, 6) is 0.177. The summed E-state index contributed by atoms with van der Waals surface area (Å²) in [7, 11) is 0. The van der Waals surface area contributed by atoms with Gasteiger partial charge in [0.15, 0.2) is 0 Å². The van der Waals surface area contributed by atoms with Crippen LogP contribution in [0.2, 0.25) is 0 Å². The van der Waals surface area contributed by atoms with Crippen molar-refractivity contribution < 1.29 is 14.3 Å². The second-order valence-corrected chi connectivity index (χ2v) is 5.90. The molecule has 0 radical (unpaired) electrons. The van der Waals surface area contributed by atoms with Gasteiger partial charge in [-0.1, -0.05) is 12.1 Å². The molecule has 1 N–H and O–H groups in total. The maximum atomic E-state index is 12.4. The van der Waals surface area contributed by atoms with Crippen molar-refractivity contribution in [2.75, 3.05) is 24.6 Å². The average Bonchev–Trinajstić information content (AvgIpc) is 3.25. The molecule has 1 aliphatic rings. The summed E-state index contributed by atoms with van der Waals surface area (Å²) < 4.78 is 7.49. The molecule has 7 nitrogen and oxygen atoms in total. The molecule has 2 heterocycles. The molecule has 2 amide bonds. The number of amides is 2. The van der Waals surface area contributed by atoms with Crippen molar-refractivity contribution in [1.29, 1.82) is 0 Å². The van der Waals surface area contributed by atoms with Crippen LogP contribution in [0.15, 0.2) is 43.0 Å². The van der Waals surface area contributed by atoms with Crippen molar-refractivity contribution in [3.63, 3.8) is 0 Å². The Morgan fingerprint density at radius 1 is 1.40 bits per heavy atom. The van der Waals surface area contributed by atoms with E-state index in [1.165, 1.54) is 0 Å². The number of anilines is 1. The Balaban J connectivity index is 1.59. The molecule has 1 saturated heterocycles. The van der Waals surface area contributed by atoms with Crippen LogP contribution in [0.1, 0.15) is 13.3 Å². The van der Waals surface area contributed by atoms with Gasteiger partial charge in [0.2, 0.25) is 11.8 Å². The van der Waals surface area contributed by atoms with E-state index in [9.17, 15) is 9.59 Å². The lowest BCUT2D eigenvalue weighted by molar-refractivity contribution is -0.126. The summed E-state index contributed by atoms with van der Waals surface area (Å²) in [6.07, 6.45) is 5.47. The van der Waals surface area contributed by atoms with Gasteiger partial charge in [-0.15, -0.1) is 0 Å². The van der Waals surface area contributed by atoms with E-state index in [4.69, 9.17) is 4.74 Å². The molecule has 2 aromatic rings. The van der Waals surface area contributed by atoms with Crippen LogP contribution < -0.4 is 15.0 Å². The Morgan fingerprint density at radius 3 is 3.00 bits per heavy atom. The summed E-state index contributed by atoms with van der Waals surface area (Å²) in [6, 6.07) is 7.42. The predicted octanol–water partition coefficient (Wildman–Crippen LogP) is 1.45. The van der Waals surface area contributed by atoms with Crippen LogP contribution in [-0.2, 0) is 16.1 Å². The third kappa shape index (κ3) is 3.99. The standard InChI is InChI=1S/C18H22N4O3/c1-2-25-16-6-4-3-5-15(16)22-12-14(11-17(22)23)18(24)20-8-10-21-9-7-19-13-21/h3-7,9,13-14H,2,8,10-12H2,1H3,(H,20,24). The Kier molecular flexibility index (Phi) is 5.33.